The van der Waals surface area contributed by atoms with Gasteiger partial charge in [0.15, 0.2) is 0 Å². The van der Waals surface area contributed by atoms with Crippen LogP contribution in [0.15, 0.2) is 48.9 Å². The zero-order chi connectivity index (χ0) is 20.4. The average molecular weight is 392 g/mol. The van der Waals surface area contributed by atoms with Crippen molar-refractivity contribution in [3.8, 4) is 11.8 Å². The molecule has 3 aromatic heterocycles. The number of rotatable bonds is 6. The number of fused-ring (bicyclic) bond motifs is 1. The molecule has 9 heteroatoms. The van der Waals surface area contributed by atoms with Gasteiger partial charge in [-0.15, -0.1) is 0 Å². The van der Waals surface area contributed by atoms with Gasteiger partial charge in [-0.25, -0.2) is 14.5 Å². The van der Waals surface area contributed by atoms with E-state index in [0.717, 1.165) is 5.56 Å². The summed E-state index contributed by atoms with van der Waals surface area (Å²) in [5, 5.41) is 8.67. The summed E-state index contributed by atoms with van der Waals surface area (Å²) in [6, 6.07) is 10.0. The molecule has 0 spiro atoms. The number of hydrogen-bond donors (Lipinski definition) is 0. The molecule has 0 aliphatic carbocycles. The standard InChI is InChI=1S/C20H20N6O3/c1-4-29-19(27)15-10-21-25(12-15)20-23-16-11-22-26(17(16)18(24-20)28-3)13(2)14-8-6-5-7-9-14/h5-13H,4H2,1-3H3/t13-/m0/s1. The minimum absolute atomic E-state index is 0.0304. The third kappa shape index (κ3) is 3.42. The lowest BCUT2D eigenvalue weighted by molar-refractivity contribution is 0.0526. The smallest absolute Gasteiger partial charge is 0.341 e. The number of benzene rings is 1. The molecule has 0 saturated heterocycles. The van der Waals surface area contributed by atoms with E-state index in [1.165, 1.54) is 17.1 Å². The quantitative estimate of drug-likeness (QED) is 0.465. The number of aromatic nitrogens is 6. The first kappa shape index (κ1) is 18.6. The lowest BCUT2D eigenvalue weighted by Gasteiger charge is -2.15. The Balaban J connectivity index is 1.76. The van der Waals surface area contributed by atoms with Crippen molar-refractivity contribution in [2.24, 2.45) is 0 Å². The van der Waals surface area contributed by atoms with Crippen molar-refractivity contribution in [3.05, 3.63) is 60.0 Å². The van der Waals surface area contributed by atoms with Crippen LogP contribution in [0.4, 0.5) is 0 Å². The van der Waals surface area contributed by atoms with Crippen LogP contribution in [0.25, 0.3) is 17.0 Å². The monoisotopic (exact) mass is 392 g/mol. The van der Waals surface area contributed by atoms with Gasteiger partial charge in [-0.3, -0.25) is 4.68 Å². The molecule has 0 aliphatic heterocycles. The molecule has 0 aliphatic rings. The van der Waals surface area contributed by atoms with Crippen LogP contribution in [0.1, 0.15) is 35.8 Å². The summed E-state index contributed by atoms with van der Waals surface area (Å²) in [4.78, 5) is 20.9. The summed E-state index contributed by atoms with van der Waals surface area (Å²) in [6.45, 7) is 4.09. The van der Waals surface area contributed by atoms with Crippen molar-refractivity contribution in [3.63, 3.8) is 0 Å². The first-order valence-electron chi connectivity index (χ1n) is 9.18. The van der Waals surface area contributed by atoms with Crippen molar-refractivity contribution in [2.75, 3.05) is 13.7 Å². The van der Waals surface area contributed by atoms with E-state index in [9.17, 15) is 4.79 Å². The zero-order valence-electron chi connectivity index (χ0n) is 16.3. The van der Waals surface area contributed by atoms with Gasteiger partial charge in [0, 0.05) is 6.20 Å². The van der Waals surface area contributed by atoms with Crippen LogP contribution < -0.4 is 4.74 Å². The Morgan fingerprint density at radius 1 is 1.14 bits per heavy atom. The molecule has 4 aromatic rings. The Hall–Kier alpha value is -3.75. The predicted octanol–water partition coefficient (Wildman–Crippen LogP) is 2.81. The van der Waals surface area contributed by atoms with Crippen LogP contribution in [0.2, 0.25) is 0 Å². The molecule has 0 fully saturated rings. The van der Waals surface area contributed by atoms with Crippen molar-refractivity contribution in [1.82, 2.24) is 29.5 Å². The Morgan fingerprint density at radius 3 is 2.66 bits per heavy atom. The van der Waals surface area contributed by atoms with Crippen LogP contribution >= 0.6 is 0 Å². The fourth-order valence-electron chi connectivity index (χ4n) is 3.08. The first-order valence-corrected chi connectivity index (χ1v) is 9.18. The van der Waals surface area contributed by atoms with E-state index in [0.29, 0.717) is 29.1 Å². The van der Waals surface area contributed by atoms with Crippen molar-refractivity contribution in [1.29, 1.82) is 0 Å². The SMILES string of the molecule is CCOC(=O)c1cnn(-c2nc(OC)c3c(cnn3[C@@H](C)c3ccccc3)n2)c1. The number of nitrogens with zero attached hydrogens (tertiary/aromatic N) is 6. The van der Waals surface area contributed by atoms with Gasteiger partial charge in [0.05, 0.1) is 37.7 Å². The third-order valence-electron chi connectivity index (χ3n) is 4.54. The molecule has 1 aromatic carbocycles. The van der Waals surface area contributed by atoms with Gasteiger partial charge in [-0.05, 0) is 19.4 Å². The fourth-order valence-corrected chi connectivity index (χ4v) is 3.08. The highest BCUT2D eigenvalue weighted by Gasteiger charge is 2.20. The van der Waals surface area contributed by atoms with Gasteiger partial charge in [0.25, 0.3) is 5.95 Å². The normalized spacial score (nSPS) is 12.1. The largest absolute Gasteiger partial charge is 0.479 e. The number of methoxy groups -OCH3 is 1. The Kier molecular flexibility index (Phi) is 4.94. The van der Waals surface area contributed by atoms with Gasteiger partial charge >= 0.3 is 5.97 Å². The summed E-state index contributed by atoms with van der Waals surface area (Å²) < 4.78 is 13.8. The molecule has 1 atom stereocenters. The Morgan fingerprint density at radius 2 is 1.93 bits per heavy atom. The highest BCUT2D eigenvalue weighted by atomic mass is 16.5. The predicted molar refractivity (Wildman–Crippen MR) is 105 cm³/mol. The molecule has 29 heavy (non-hydrogen) atoms. The number of carbonyl (C=O) groups excluding carboxylic acids is 1. The number of esters is 1. The average Bonchev–Trinajstić information content (AvgIpc) is 3.41. The van der Waals surface area contributed by atoms with Crippen molar-refractivity contribution in [2.45, 2.75) is 19.9 Å². The topological polar surface area (TPSA) is 97.0 Å². The minimum atomic E-state index is -0.448. The molecule has 148 valence electrons. The second-order valence-corrected chi connectivity index (χ2v) is 6.34. The molecule has 4 rings (SSSR count). The molecule has 0 bridgehead atoms. The van der Waals surface area contributed by atoms with E-state index in [4.69, 9.17) is 9.47 Å². The van der Waals surface area contributed by atoms with Crippen LogP contribution in [0.5, 0.6) is 5.88 Å². The first-order chi connectivity index (χ1) is 14.1. The zero-order valence-corrected chi connectivity index (χ0v) is 16.3. The lowest BCUT2D eigenvalue weighted by Crippen LogP contribution is -2.10. The summed E-state index contributed by atoms with van der Waals surface area (Å²) in [7, 11) is 1.54. The van der Waals surface area contributed by atoms with Gasteiger partial charge in [-0.2, -0.15) is 15.2 Å². The maximum Gasteiger partial charge on any atom is 0.341 e. The summed E-state index contributed by atoms with van der Waals surface area (Å²) >= 11 is 0. The lowest BCUT2D eigenvalue weighted by atomic mass is 10.1. The highest BCUT2D eigenvalue weighted by Crippen LogP contribution is 2.28. The van der Waals surface area contributed by atoms with E-state index < -0.39 is 5.97 Å². The second-order valence-electron chi connectivity index (χ2n) is 6.34. The molecule has 0 unspecified atom stereocenters. The molecule has 0 radical (unpaired) electrons. The van der Waals surface area contributed by atoms with Crippen LogP contribution in [-0.2, 0) is 4.74 Å². The van der Waals surface area contributed by atoms with Gasteiger partial charge in [-0.1, -0.05) is 30.3 Å². The molecule has 0 amide bonds. The van der Waals surface area contributed by atoms with Crippen LogP contribution in [0, 0.1) is 0 Å². The van der Waals surface area contributed by atoms with Gasteiger partial charge in [0.2, 0.25) is 5.88 Å². The number of carbonyl (C=O) groups is 1. The molecular formula is C20H20N6O3. The fraction of sp³-hybridized carbons (Fsp3) is 0.250. The third-order valence-corrected chi connectivity index (χ3v) is 4.54. The molecule has 0 N–H and O–H groups in total. The van der Waals surface area contributed by atoms with E-state index in [1.54, 1.807) is 20.2 Å². The maximum atomic E-state index is 11.9. The molecule has 9 nitrogen and oxygen atoms in total. The molecular weight excluding hydrogens is 372 g/mol. The summed E-state index contributed by atoms with van der Waals surface area (Å²) in [5.41, 5.74) is 2.73. The van der Waals surface area contributed by atoms with E-state index >= 15 is 0 Å². The summed E-state index contributed by atoms with van der Waals surface area (Å²) in [6.07, 6.45) is 4.60. The Labute approximate surface area is 166 Å². The van der Waals surface area contributed by atoms with Gasteiger partial charge in [0.1, 0.15) is 11.0 Å². The summed E-state index contributed by atoms with van der Waals surface area (Å²) in [5.74, 6) is 0.201. The Bertz CT molecular complexity index is 1150. The molecule has 3 heterocycles. The number of hydrogen-bond acceptors (Lipinski definition) is 7. The second kappa shape index (κ2) is 7.70. The van der Waals surface area contributed by atoms with Crippen LogP contribution in [-0.4, -0.2) is 49.2 Å². The van der Waals surface area contributed by atoms with E-state index in [2.05, 4.69) is 20.2 Å². The van der Waals surface area contributed by atoms with E-state index in [1.807, 2.05) is 41.9 Å². The maximum absolute atomic E-state index is 11.9. The number of ether oxygens (including phenoxy) is 2. The minimum Gasteiger partial charge on any atom is -0.479 e. The van der Waals surface area contributed by atoms with E-state index in [-0.39, 0.29) is 12.0 Å². The van der Waals surface area contributed by atoms with Gasteiger partial charge < -0.3 is 9.47 Å². The van der Waals surface area contributed by atoms with Crippen LogP contribution in [0.3, 0.4) is 0 Å². The van der Waals surface area contributed by atoms with Crippen molar-refractivity contribution < 1.29 is 14.3 Å². The van der Waals surface area contributed by atoms with Crippen molar-refractivity contribution >= 4 is 17.0 Å². The molecule has 0 saturated carbocycles. The highest BCUT2D eigenvalue weighted by molar-refractivity contribution is 5.88.